The van der Waals surface area contributed by atoms with Crippen molar-refractivity contribution in [2.24, 2.45) is 0 Å². The third kappa shape index (κ3) is 4.92. The average Bonchev–Trinajstić information content (AvgIpc) is 2.78. The highest BCUT2D eigenvalue weighted by Gasteiger charge is 2.17. The number of benzene rings is 2. The average molecular weight is 398 g/mol. The minimum atomic E-state index is -0.00396. The summed E-state index contributed by atoms with van der Waals surface area (Å²) in [4.78, 5) is 16.1. The number of amides is 1. The van der Waals surface area contributed by atoms with E-state index in [1.165, 1.54) is 0 Å². The minimum Gasteiger partial charge on any atom is -0.486 e. The molecule has 2 aromatic rings. The van der Waals surface area contributed by atoms with E-state index in [0.717, 1.165) is 29.3 Å². The molecule has 0 aromatic heterocycles. The van der Waals surface area contributed by atoms with E-state index in [0.29, 0.717) is 45.3 Å². The van der Waals surface area contributed by atoms with Crippen LogP contribution in [0.15, 0.2) is 42.5 Å². The summed E-state index contributed by atoms with van der Waals surface area (Å²) in [5.41, 5.74) is 2.21. The molecule has 0 saturated carbocycles. The van der Waals surface area contributed by atoms with Crippen molar-refractivity contribution < 1.29 is 23.7 Å². The quantitative estimate of drug-likeness (QED) is 0.744. The molecule has 29 heavy (non-hydrogen) atoms. The topological polar surface area (TPSA) is 60.5 Å². The van der Waals surface area contributed by atoms with Gasteiger partial charge in [-0.05, 0) is 29.8 Å². The third-order valence-corrected chi connectivity index (χ3v) is 5.04. The second-order valence-corrected chi connectivity index (χ2v) is 7.11. The first-order valence-electron chi connectivity index (χ1n) is 9.87. The van der Waals surface area contributed by atoms with Gasteiger partial charge in [-0.3, -0.25) is 4.79 Å². The van der Waals surface area contributed by atoms with Crippen LogP contribution in [0, 0.1) is 0 Å². The van der Waals surface area contributed by atoms with E-state index in [4.69, 9.17) is 18.9 Å². The lowest BCUT2D eigenvalue weighted by molar-refractivity contribution is -0.137. The molecule has 0 N–H and O–H groups in total. The largest absolute Gasteiger partial charge is 0.486 e. The molecule has 2 heterocycles. The molecule has 7 nitrogen and oxygen atoms in total. The number of morpholine rings is 1. The maximum Gasteiger partial charge on any atom is 0.260 e. The number of nitrogens with zero attached hydrogens (tertiary/aromatic N) is 2. The molecule has 2 aliphatic rings. The van der Waals surface area contributed by atoms with Crippen LogP contribution >= 0.6 is 0 Å². The SMILES string of the molecule is CN(Cc1ccc(OCC(=O)N2CCOCC2)cc1)c1ccc2c(c1)OCCO2. The lowest BCUT2D eigenvalue weighted by atomic mass is 10.2. The third-order valence-electron chi connectivity index (χ3n) is 5.04. The van der Waals surface area contributed by atoms with Gasteiger partial charge in [0.15, 0.2) is 18.1 Å². The van der Waals surface area contributed by atoms with Crippen LogP contribution < -0.4 is 19.1 Å². The smallest absolute Gasteiger partial charge is 0.260 e. The molecule has 1 amide bonds. The van der Waals surface area contributed by atoms with E-state index < -0.39 is 0 Å². The molecule has 4 rings (SSSR count). The number of anilines is 1. The maximum absolute atomic E-state index is 12.2. The zero-order chi connectivity index (χ0) is 20.1. The van der Waals surface area contributed by atoms with Crippen LogP contribution in [0.2, 0.25) is 0 Å². The van der Waals surface area contributed by atoms with E-state index in [-0.39, 0.29) is 12.5 Å². The number of rotatable bonds is 6. The van der Waals surface area contributed by atoms with Crippen molar-refractivity contribution in [2.45, 2.75) is 6.54 Å². The summed E-state index contributed by atoms with van der Waals surface area (Å²) in [7, 11) is 2.04. The molecule has 2 aliphatic heterocycles. The van der Waals surface area contributed by atoms with Gasteiger partial charge in [0.2, 0.25) is 0 Å². The number of carbonyl (C=O) groups is 1. The monoisotopic (exact) mass is 398 g/mol. The Bertz CT molecular complexity index is 834. The van der Waals surface area contributed by atoms with Crippen molar-refractivity contribution in [1.82, 2.24) is 4.90 Å². The molecule has 7 heteroatoms. The van der Waals surface area contributed by atoms with Crippen LogP contribution in [0.25, 0.3) is 0 Å². The lowest BCUT2D eigenvalue weighted by Gasteiger charge is -2.26. The van der Waals surface area contributed by atoms with Gasteiger partial charge in [0.25, 0.3) is 5.91 Å². The molecule has 0 unspecified atom stereocenters. The second-order valence-electron chi connectivity index (χ2n) is 7.11. The van der Waals surface area contributed by atoms with Crippen molar-refractivity contribution in [3.05, 3.63) is 48.0 Å². The number of hydrogen-bond donors (Lipinski definition) is 0. The zero-order valence-electron chi connectivity index (χ0n) is 16.6. The number of fused-ring (bicyclic) bond motifs is 1. The van der Waals surface area contributed by atoms with Gasteiger partial charge in [-0.1, -0.05) is 12.1 Å². The number of hydrogen-bond acceptors (Lipinski definition) is 6. The Labute approximate surface area is 170 Å². The van der Waals surface area contributed by atoms with Crippen molar-refractivity contribution in [3.8, 4) is 17.2 Å². The molecular formula is C22H26N2O5. The fourth-order valence-corrected chi connectivity index (χ4v) is 3.37. The van der Waals surface area contributed by atoms with Crippen LogP contribution in [0.4, 0.5) is 5.69 Å². The molecule has 0 bridgehead atoms. The summed E-state index contributed by atoms with van der Waals surface area (Å²) in [6.07, 6.45) is 0. The summed E-state index contributed by atoms with van der Waals surface area (Å²) in [6.45, 7) is 4.42. The fourth-order valence-electron chi connectivity index (χ4n) is 3.37. The van der Waals surface area contributed by atoms with Gasteiger partial charge in [-0.15, -0.1) is 0 Å². The standard InChI is InChI=1S/C22H26N2O5/c1-23(18-4-7-20-21(14-18)28-13-12-27-20)15-17-2-5-19(6-3-17)29-16-22(25)24-8-10-26-11-9-24/h2-7,14H,8-13,15-16H2,1H3. The molecule has 1 fully saturated rings. The van der Waals surface area contributed by atoms with Gasteiger partial charge in [-0.25, -0.2) is 0 Å². The molecule has 0 atom stereocenters. The van der Waals surface area contributed by atoms with Crippen molar-refractivity contribution in [1.29, 1.82) is 0 Å². The first-order valence-corrected chi connectivity index (χ1v) is 9.87. The summed E-state index contributed by atoms with van der Waals surface area (Å²) >= 11 is 0. The Morgan fingerprint density at radius 2 is 1.72 bits per heavy atom. The molecule has 1 saturated heterocycles. The first-order chi connectivity index (χ1) is 14.2. The van der Waals surface area contributed by atoms with Crippen LogP contribution in [-0.2, 0) is 16.1 Å². The second kappa shape index (κ2) is 9.05. The van der Waals surface area contributed by atoms with Gasteiger partial charge >= 0.3 is 0 Å². The molecule has 0 aliphatic carbocycles. The van der Waals surface area contributed by atoms with Gasteiger partial charge in [-0.2, -0.15) is 0 Å². The highest BCUT2D eigenvalue weighted by atomic mass is 16.6. The van der Waals surface area contributed by atoms with E-state index in [1.807, 2.05) is 49.5 Å². The molecule has 2 aromatic carbocycles. The Kier molecular flexibility index (Phi) is 6.05. The normalized spacial score (nSPS) is 15.7. The Hall–Kier alpha value is -2.93. The van der Waals surface area contributed by atoms with Crippen LogP contribution in [0.3, 0.4) is 0 Å². The molecule has 154 valence electrons. The number of carbonyl (C=O) groups excluding carboxylic acids is 1. The summed E-state index contributed by atoms with van der Waals surface area (Å²) in [6, 6.07) is 13.8. The predicted octanol–water partition coefficient (Wildman–Crippen LogP) is 2.33. The Morgan fingerprint density at radius 1 is 1.00 bits per heavy atom. The van der Waals surface area contributed by atoms with Crippen LogP contribution in [0.5, 0.6) is 17.2 Å². The Morgan fingerprint density at radius 3 is 2.48 bits per heavy atom. The molecule has 0 spiro atoms. The summed E-state index contributed by atoms with van der Waals surface area (Å²) < 4.78 is 22.2. The zero-order valence-corrected chi connectivity index (χ0v) is 16.6. The maximum atomic E-state index is 12.2. The fraction of sp³-hybridized carbons (Fsp3) is 0.409. The van der Waals surface area contributed by atoms with E-state index in [9.17, 15) is 4.79 Å². The van der Waals surface area contributed by atoms with Gasteiger partial charge < -0.3 is 28.7 Å². The van der Waals surface area contributed by atoms with Crippen molar-refractivity contribution in [3.63, 3.8) is 0 Å². The number of ether oxygens (including phenoxy) is 4. The van der Waals surface area contributed by atoms with Gasteiger partial charge in [0.1, 0.15) is 19.0 Å². The van der Waals surface area contributed by atoms with E-state index in [2.05, 4.69) is 4.90 Å². The van der Waals surface area contributed by atoms with Gasteiger partial charge in [0, 0.05) is 38.4 Å². The minimum absolute atomic E-state index is 0.00396. The molecular weight excluding hydrogens is 372 g/mol. The lowest BCUT2D eigenvalue weighted by Crippen LogP contribution is -2.42. The van der Waals surface area contributed by atoms with E-state index >= 15 is 0 Å². The Balaban J connectivity index is 1.30. The van der Waals surface area contributed by atoms with Crippen LogP contribution in [-0.4, -0.2) is 64.0 Å². The summed E-state index contributed by atoms with van der Waals surface area (Å²) in [5, 5.41) is 0. The summed E-state index contributed by atoms with van der Waals surface area (Å²) in [5.74, 6) is 2.27. The highest BCUT2D eigenvalue weighted by molar-refractivity contribution is 5.77. The van der Waals surface area contributed by atoms with Crippen molar-refractivity contribution in [2.75, 3.05) is 58.1 Å². The van der Waals surface area contributed by atoms with Crippen molar-refractivity contribution >= 4 is 11.6 Å². The van der Waals surface area contributed by atoms with E-state index in [1.54, 1.807) is 4.90 Å². The first kappa shape index (κ1) is 19.4. The highest BCUT2D eigenvalue weighted by Crippen LogP contribution is 2.34. The van der Waals surface area contributed by atoms with Crippen LogP contribution in [0.1, 0.15) is 5.56 Å². The predicted molar refractivity (Wildman–Crippen MR) is 109 cm³/mol. The molecule has 0 radical (unpaired) electrons. The van der Waals surface area contributed by atoms with Gasteiger partial charge in [0.05, 0.1) is 13.2 Å².